The fourth-order valence-corrected chi connectivity index (χ4v) is 5.23. The van der Waals surface area contributed by atoms with Gasteiger partial charge >= 0.3 is 0 Å². The molecule has 2 fully saturated rings. The van der Waals surface area contributed by atoms with Crippen molar-refractivity contribution in [1.29, 1.82) is 0 Å². The smallest absolute Gasteiger partial charge is 0.246 e. The molecule has 1 amide bonds. The van der Waals surface area contributed by atoms with Crippen molar-refractivity contribution < 1.29 is 9.18 Å². The molecule has 5 nitrogen and oxygen atoms in total. The molecule has 160 valence electrons. The third kappa shape index (κ3) is 3.12. The lowest BCUT2D eigenvalue weighted by Gasteiger charge is -2.47. The topological polar surface area (TPSA) is 41.4 Å². The van der Waals surface area contributed by atoms with E-state index in [1.54, 1.807) is 12.2 Å². The molecule has 2 aliphatic rings. The number of carbonyl (C=O) groups is 1. The van der Waals surface area contributed by atoms with Crippen LogP contribution in [0.25, 0.3) is 22.0 Å². The van der Waals surface area contributed by atoms with E-state index in [0.29, 0.717) is 11.3 Å². The molecule has 0 N–H and O–H groups in total. The summed E-state index contributed by atoms with van der Waals surface area (Å²) in [6.07, 6.45) is 6.19. The van der Waals surface area contributed by atoms with Gasteiger partial charge in [-0.25, -0.2) is 4.39 Å². The van der Waals surface area contributed by atoms with E-state index in [9.17, 15) is 4.79 Å². The molecule has 5 rings (SSSR count). The quantitative estimate of drug-likeness (QED) is 0.596. The van der Waals surface area contributed by atoms with Crippen LogP contribution in [0.4, 0.5) is 10.1 Å². The SMILES string of the molecule is C/C=C\C(=O)N1CC2(CCN(c3cccc(-c4c(C)ccc5cnn(C)c45)c3F)C2)C1. The fraction of sp³-hybridized carbons (Fsp3) is 0.360. The van der Waals surface area contributed by atoms with Gasteiger partial charge in [-0.05, 0) is 38.0 Å². The fourth-order valence-electron chi connectivity index (χ4n) is 5.23. The lowest BCUT2D eigenvalue weighted by Crippen LogP contribution is -2.59. The van der Waals surface area contributed by atoms with Crippen molar-refractivity contribution in [2.24, 2.45) is 12.5 Å². The molecular weight excluding hydrogens is 391 g/mol. The van der Waals surface area contributed by atoms with Crippen LogP contribution in [0.1, 0.15) is 18.9 Å². The molecule has 0 unspecified atom stereocenters. The molecule has 0 aliphatic carbocycles. The van der Waals surface area contributed by atoms with Gasteiger partial charge in [-0.15, -0.1) is 0 Å². The Bertz CT molecular complexity index is 1210. The summed E-state index contributed by atoms with van der Waals surface area (Å²) in [6, 6.07) is 9.74. The third-order valence-electron chi connectivity index (χ3n) is 6.81. The first-order chi connectivity index (χ1) is 14.9. The highest BCUT2D eigenvalue weighted by Gasteiger charge is 2.49. The summed E-state index contributed by atoms with van der Waals surface area (Å²) in [5.41, 5.74) is 4.22. The third-order valence-corrected chi connectivity index (χ3v) is 6.81. The predicted molar refractivity (Wildman–Crippen MR) is 122 cm³/mol. The lowest BCUT2D eigenvalue weighted by molar-refractivity contribution is -0.136. The Kier molecular flexibility index (Phi) is 4.61. The number of allylic oxidation sites excluding steroid dienone is 1. The van der Waals surface area contributed by atoms with Crippen molar-refractivity contribution in [3.05, 3.63) is 60.1 Å². The van der Waals surface area contributed by atoms with Gasteiger partial charge in [-0.2, -0.15) is 5.10 Å². The molecule has 1 aromatic heterocycles. The Balaban J connectivity index is 1.46. The maximum atomic E-state index is 15.9. The van der Waals surface area contributed by atoms with Crippen molar-refractivity contribution in [1.82, 2.24) is 14.7 Å². The molecule has 2 saturated heterocycles. The number of halogens is 1. The highest BCUT2D eigenvalue weighted by atomic mass is 19.1. The van der Waals surface area contributed by atoms with Gasteiger partial charge in [-0.1, -0.05) is 30.3 Å². The maximum Gasteiger partial charge on any atom is 0.246 e. The summed E-state index contributed by atoms with van der Waals surface area (Å²) < 4.78 is 17.7. The van der Waals surface area contributed by atoms with Crippen LogP contribution < -0.4 is 4.90 Å². The minimum absolute atomic E-state index is 0.0690. The summed E-state index contributed by atoms with van der Waals surface area (Å²) in [4.78, 5) is 16.1. The maximum absolute atomic E-state index is 15.9. The number of nitrogens with zero attached hydrogens (tertiary/aromatic N) is 4. The molecule has 2 aliphatic heterocycles. The van der Waals surface area contributed by atoms with E-state index >= 15 is 4.39 Å². The van der Waals surface area contributed by atoms with Crippen molar-refractivity contribution in [3.8, 4) is 11.1 Å². The summed E-state index contributed by atoms with van der Waals surface area (Å²) in [6.45, 7) is 6.96. The molecule has 0 saturated carbocycles. The standard InChI is InChI=1S/C25H27FN4O/c1-4-6-21(31)30-15-25(16-30)11-12-29(14-25)20-8-5-7-19(23(20)26)22-17(2)9-10-18-13-27-28(3)24(18)22/h4-10,13H,11-12,14-16H2,1-3H3/b6-4-. The second-order valence-electron chi connectivity index (χ2n) is 8.97. The van der Waals surface area contributed by atoms with E-state index in [-0.39, 0.29) is 17.1 Å². The molecule has 0 radical (unpaired) electrons. The molecule has 0 atom stereocenters. The van der Waals surface area contributed by atoms with Gasteiger partial charge in [0.2, 0.25) is 5.91 Å². The number of aryl methyl sites for hydroxylation is 2. The number of rotatable bonds is 3. The minimum Gasteiger partial charge on any atom is -0.368 e. The van der Waals surface area contributed by atoms with Gasteiger partial charge in [0.15, 0.2) is 5.82 Å². The monoisotopic (exact) mass is 418 g/mol. The molecule has 2 aromatic carbocycles. The number of likely N-dealkylation sites (tertiary alicyclic amines) is 1. The van der Waals surface area contributed by atoms with Crippen molar-refractivity contribution in [2.75, 3.05) is 31.1 Å². The Morgan fingerprint density at radius 1 is 1.19 bits per heavy atom. The normalized spacial score (nSPS) is 17.8. The van der Waals surface area contributed by atoms with Crippen LogP contribution in [0.3, 0.4) is 0 Å². The molecule has 3 heterocycles. The number of anilines is 1. The number of hydrogen-bond donors (Lipinski definition) is 0. The second-order valence-corrected chi connectivity index (χ2v) is 8.97. The van der Waals surface area contributed by atoms with Crippen LogP contribution in [-0.2, 0) is 11.8 Å². The van der Waals surface area contributed by atoms with Crippen LogP contribution >= 0.6 is 0 Å². The molecular formula is C25H27FN4O. The molecule has 1 spiro atoms. The second kappa shape index (κ2) is 7.22. The Labute approximate surface area is 181 Å². The first kappa shape index (κ1) is 19.8. The van der Waals surface area contributed by atoms with Gasteiger partial charge in [0.05, 0.1) is 17.4 Å². The van der Waals surface area contributed by atoms with E-state index in [1.165, 1.54) is 0 Å². The highest BCUT2D eigenvalue weighted by Crippen LogP contribution is 2.43. The van der Waals surface area contributed by atoms with Crippen LogP contribution in [0.5, 0.6) is 0 Å². The zero-order valence-electron chi connectivity index (χ0n) is 18.2. The number of fused-ring (bicyclic) bond motifs is 1. The van der Waals surface area contributed by atoms with Crippen LogP contribution in [0, 0.1) is 18.2 Å². The molecule has 0 bridgehead atoms. The first-order valence-corrected chi connectivity index (χ1v) is 10.8. The van der Waals surface area contributed by atoms with Crippen molar-refractivity contribution in [2.45, 2.75) is 20.3 Å². The van der Waals surface area contributed by atoms with Gasteiger partial charge in [-0.3, -0.25) is 9.48 Å². The summed E-state index contributed by atoms with van der Waals surface area (Å²) >= 11 is 0. The largest absolute Gasteiger partial charge is 0.368 e. The average molecular weight is 419 g/mol. The Morgan fingerprint density at radius 3 is 2.77 bits per heavy atom. The van der Waals surface area contributed by atoms with E-state index in [0.717, 1.165) is 54.6 Å². The number of amides is 1. The van der Waals surface area contributed by atoms with Crippen molar-refractivity contribution >= 4 is 22.5 Å². The van der Waals surface area contributed by atoms with Gasteiger partial charge in [0.1, 0.15) is 0 Å². The molecule has 3 aromatic rings. The van der Waals surface area contributed by atoms with Gasteiger partial charge < -0.3 is 9.80 Å². The van der Waals surface area contributed by atoms with Crippen LogP contribution in [0.2, 0.25) is 0 Å². The van der Waals surface area contributed by atoms with Gasteiger partial charge in [0, 0.05) is 55.2 Å². The molecule has 31 heavy (non-hydrogen) atoms. The van der Waals surface area contributed by atoms with E-state index in [2.05, 4.69) is 10.00 Å². The van der Waals surface area contributed by atoms with E-state index in [1.807, 2.05) is 67.0 Å². The number of carbonyl (C=O) groups excluding carboxylic acids is 1. The van der Waals surface area contributed by atoms with Crippen LogP contribution in [-0.4, -0.2) is 46.8 Å². The van der Waals surface area contributed by atoms with Crippen LogP contribution in [0.15, 0.2) is 48.7 Å². The first-order valence-electron chi connectivity index (χ1n) is 10.8. The summed E-state index contributed by atoms with van der Waals surface area (Å²) in [5, 5.41) is 5.38. The number of aromatic nitrogens is 2. The average Bonchev–Trinajstić information content (AvgIpc) is 3.33. The zero-order valence-corrected chi connectivity index (χ0v) is 18.2. The van der Waals surface area contributed by atoms with E-state index in [4.69, 9.17) is 0 Å². The predicted octanol–water partition coefficient (Wildman–Crippen LogP) is 4.30. The van der Waals surface area contributed by atoms with Gasteiger partial charge in [0.25, 0.3) is 0 Å². The summed E-state index contributed by atoms with van der Waals surface area (Å²) in [5.74, 6) is -0.114. The highest BCUT2D eigenvalue weighted by molar-refractivity contribution is 5.96. The summed E-state index contributed by atoms with van der Waals surface area (Å²) in [7, 11) is 1.90. The Hall–Kier alpha value is -3.15. The Morgan fingerprint density at radius 2 is 2.00 bits per heavy atom. The number of benzene rings is 2. The minimum atomic E-state index is -0.183. The number of hydrogen-bond acceptors (Lipinski definition) is 3. The molecule has 6 heteroatoms. The van der Waals surface area contributed by atoms with E-state index < -0.39 is 0 Å². The van der Waals surface area contributed by atoms with Crippen molar-refractivity contribution in [3.63, 3.8) is 0 Å². The lowest BCUT2D eigenvalue weighted by atomic mass is 9.79. The zero-order chi connectivity index (χ0) is 21.8.